The quantitative estimate of drug-likeness (QED) is 0.810. The molecule has 1 atom stereocenters. The first kappa shape index (κ1) is 17.6. The first-order valence-electron chi connectivity index (χ1n) is 8.93. The van der Waals surface area contributed by atoms with Gasteiger partial charge in [0.2, 0.25) is 5.91 Å². The summed E-state index contributed by atoms with van der Waals surface area (Å²) in [6.07, 6.45) is 4.29. The number of rotatable bonds is 6. The second kappa shape index (κ2) is 7.78. The van der Waals surface area contributed by atoms with Gasteiger partial charge < -0.3 is 9.80 Å². The molecule has 1 aliphatic rings. The van der Waals surface area contributed by atoms with Crippen LogP contribution in [0, 0.1) is 6.92 Å². The largest absolute Gasteiger partial charge is 0.334 e. The summed E-state index contributed by atoms with van der Waals surface area (Å²) in [7, 11) is 4.08. The van der Waals surface area contributed by atoms with Gasteiger partial charge in [0.15, 0.2) is 0 Å². The van der Waals surface area contributed by atoms with Crippen LogP contribution in [-0.4, -0.2) is 51.1 Å². The topological polar surface area (TPSA) is 54.3 Å². The van der Waals surface area contributed by atoms with Crippen molar-refractivity contribution >= 4 is 5.91 Å². The van der Waals surface area contributed by atoms with Crippen LogP contribution in [0.2, 0.25) is 0 Å². The van der Waals surface area contributed by atoms with E-state index < -0.39 is 0 Å². The zero-order valence-corrected chi connectivity index (χ0v) is 15.4. The van der Waals surface area contributed by atoms with Crippen LogP contribution in [0.1, 0.15) is 42.4 Å². The molecular formula is C19H27N5O. The van der Waals surface area contributed by atoms with Gasteiger partial charge in [0.25, 0.3) is 0 Å². The first-order valence-corrected chi connectivity index (χ1v) is 8.93. The van der Waals surface area contributed by atoms with Crippen LogP contribution in [0.5, 0.6) is 0 Å². The fraction of sp³-hybridized carbons (Fsp3) is 0.526. The number of likely N-dealkylation sites (tertiary alicyclic amines) is 1. The van der Waals surface area contributed by atoms with E-state index in [2.05, 4.69) is 16.1 Å². The molecule has 3 heterocycles. The van der Waals surface area contributed by atoms with Crippen molar-refractivity contribution in [1.82, 2.24) is 24.6 Å². The number of pyridine rings is 1. The molecule has 0 radical (unpaired) electrons. The average Bonchev–Trinajstić information content (AvgIpc) is 3.21. The highest BCUT2D eigenvalue weighted by atomic mass is 16.2. The molecule has 2 aromatic heterocycles. The number of hydrogen-bond acceptors (Lipinski definition) is 4. The molecule has 3 rings (SSSR count). The Hall–Kier alpha value is -2.21. The van der Waals surface area contributed by atoms with Gasteiger partial charge in [0, 0.05) is 37.9 Å². The Labute approximate surface area is 149 Å². The molecule has 1 amide bonds. The standard InChI is InChI=1S/C19H27N5O/c1-15-9-11-20-24(15)13-10-19(25)23-12-5-8-18(23)17-7-4-6-16(21-17)14-22(2)3/h4,6-7,9,11,18H,5,8,10,12-14H2,1-3H3/t18-/m0/s1. The van der Waals surface area contributed by atoms with E-state index in [0.717, 1.165) is 43.0 Å². The van der Waals surface area contributed by atoms with Crippen molar-refractivity contribution in [1.29, 1.82) is 0 Å². The van der Waals surface area contributed by atoms with Crippen LogP contribution in [0.15, 0.2) is 30.5 Å². The minimum absolute atomic E-state index is 0.105. The third-order valence-corrected chi connectivity index (χ3v) is 4.69. The molecule has 6 heteroatoms. The molecule has 0 bridgehead atoms. The highest BCUT2D eigenvalue weighted by Gasteiger charge is 2.30. The predicted molar refractivity (Wildman–Crippen MR) is 96.9 cm³/mol. The van der Waals surface area contributed by atoms with Crippen molar-refractivity contribution < 1.29 is 4.79 Å². The number of aryl methyl sites for hydroxylation is 2. The maximum absolute atomic E-state index is 12.7. The third-order valence-electron chi connectivity index (χ3n) is 4.69. The lowest BCUT2D eigenvalue weighted by Gasteiger charge is -2.25. The van der Waals surface area contributed by atoms with Crippen LogP contribution in [-0.2, 0) is 17.9 Å². The summed E-state index contributed by atoms with van der Waals surface area (Å²) in [5.74, 6) is 0.192. The van der Waals surface area contributed by atoms with E-state index in [1.54, 1.807) is 6.20 Å². The molecule has 0 spiro atoms. The summed E-state index contributed by atoms with van der Waals surface area (Å²) in [4.78, 5) is 21.7. The number of carbonyl (C=O) groups excluding carboxylic acids is 1. The molecule has 2 aromatic rings. The smallest absolute Gasteiger partial charge is 0.224 e. The van der Waals surface area contributed by atoms with Gasteiger partial charge >= 0.3 is 0 Å². The molecule has 1 fully saturated rings. The first-order chi connectivity index (χ1) is 12.0. The van der Waals surface area contributed by atoms with Gasteiger partial charge in [-0.25, -0.2) is 0 Å². The van der Waals surface area contributed by atoms with Crippen molar-refractivity contribution in [3.8, 4) is 0 Å². The van der Waals surface area contributed by atoms with E-state index in [9.17, 15) is 4.79 Å². The fourth-order valence-electron chi connectivity index (χ4n) is 3.45. The summed E-state index contributed by atoms with van der Waals surface area (Å²) in [6, 6.07) is 8.21. The van der Waals surface area contributed by atoms with E-state index >= 15 is 0 Å². The molecule has 0 saturated carbocycles. The van der Waals surface area contributed by atoms with Crippen molar-refractivity contribution in [2.24, 2.45) is 0 Å². The van der Waals surface area contributed by atoms with Gasteiger partial charge in [-0.05, 0) is 52.1 Å². The van der Waals surface area contributed by atoms with Crippen LogP contribution >= 0.6 is 0 Å². The van der Waals surface area contributed by atoms with E-state index in [1.165, 1.54) is 0 Å². The van der Waals surface area contributed by atoms with Gasteiger partial charge in [0.1, 0.15) is 0 Å². The normalized spacial score (nSPS) is 17.4. The van der Waals surface area contributed by atoms with Crippen molar-refractivity contribution in [3.63, 3.8) is 0 Å². The summed E-state index contributed by atoms with van der Waals surface area (Å²) < 4.78 is 1.89. The highest BCUT2D eigenvalue weighted by molar-refractivity contribution is 5.76. The minimum atomic E-state index is 0.105. The fourth-order valence-corrected chi connectivity index (χ4v) is 3.45. The molecule has 6 nitrogen and oxygen atoms in total. The van der Waals surface area contributed by atoms with E-state index in [4.69, 9.17) is 4.98 Å². The lowest BCUT2D eigenvalue weighted by atomic mass is 10.1. The molecule has 0 unspecified atom stereocenters. The second-order valence-corrected chi connectivity index (χ2v) is 6.98. The zero-order valence-electron chi connectivity index (χ0n) is 15.4. The molecule has 1 saturated heterocycles. The van der Waals surface area contributed by atoms with E-state index in [-0.39, 0.29) is 11.9 Å². The van der Waals surface area contributed by atoms with Crippen LogP contribution in [0.4, 0.5) is 0 Å². The number of hydrogen-bond donors (Lipinski definition) is 0. The molecule has 0 aromatic carbocycles. The SMILES string of the molecule is Cc1ccnn1CCC(=O)N1CCC[C@H]1c1cccc(CN(C)C)n1. The van der Waals surface area contributed by atoms with Crippen molar-refractivity contribution in [2.45, 2.75) is 45.3 Å². The van der Waals surface area contributed by atoms with Crippen LogP contribution < -0.4 is 0 Å². The Bertz CT molecular complexity index is 724. The monoisotopic (exact) mass is 341 g/mol. The van der Waals surface area contributed by atoms with Gasteiger partial charge in [0.05, 0.1) is 17.4 Å². The molecule has 134 valence electrons. The maximum atomic E-state index is 12.7. The molecule has 0 aliphatic carbocycles. The predicted octanol–water partition coefficient (Wildman–Crippen LogP) is 2.40. The van der Waals surface area contributed by atoms with Crippen LogP contribution in [0.3, 0.4) is 0 Å². The number of carbonyl (C=O) groups is 1. The van der Waals surface area contributed by atoms with E-state index in [1.807, 2.05) is 48.8 Å². The summed E-state index contributed by atoms with van der Waals surface area (Å²) in [5, 5.41) is 4.26. The molecule has 1 aliphatic heterocycles. The Morgan fingerprint density at radius 3 is 2.88 bits per heavy atom. The second-order valence-electron chi connectivity index (χ2n) is 6.98. The lowest BCUT2D eigenvalue weighted by Crippen LogP contribution is -2.32. The molecule has 25 heavy (non-hydrogen) atoms. The van der Waals surface area contributed by atoms with Gasteiger partial charge in [-0.2, -0.15) is 5.10 Å². The lowest BCUT2D eigenvalue weighted by molar-refractivity contribution is -0.132. The zero-order chi connectivity index (χ0) is 17.8. The third kappa shape index (κ3) is 4.25. The Morgan fingerprint density at radius 1 is 1.32 bits per heavy atom. The summed E-state index contributed by atoms with van der Waals surface area (Å²) >= 11 is 0. The molecule has 0 N–H and O–H groups in total. The highest BCUT2D eigenvalue weighted by Crippen LogP contribution is 2.31. The Morgan fingerprint density at radius 2 is 2.16 bits per heavy atom. The summed E-state index contributed by atoms with van der Waals surface area (Å²) in [6.45, 7) is 4.28. The number of nitrogens with zero attached hydrogens (tertiary/aromatic N) is 5. The average molecular weight is 341 g/mol. The Kier molecular flexibility index (Phi) is 5.48. The van der Waals surface area contributed by atoms with Crippen molar-refractivity contribution in [2.75, 3.05) is 20.6 Å². The van der Waals surface area contributed by atoms with E-state index in [0.29, 0.717) is 13.0 Å². The van der Waals surface area contributed by atoms with Gasteiger partial charge in [-0.1, -0.05) is 6.07 Å². The van der Waals surface area contributed by atoms with Crippen molar-refractivity contribution in [3.05, 3.63) is 47.5 Å². The molecular weight excluding hydrogens is 314 g/mol. The maximum Gasteiger partial charge on any atom is 0.224 e. The van der Waals surface area contributed by atoms with Crippen LogP contribution in [0.25, 0.3) is 0 Å². The summed E-state index contributed by atoms with van der Waals surface area (Å²) in [5.41, 5.74) is 3.15. The minimum Gasteiger partial charge on any atom is -0.334 e. The number of aromatic nitrogens is 3. The van der Waals surface area contributed by atoms with Gasteiger partial charge in [-0.15, -0.1) is 0 Å². The van der Waals surface area contributed by atoms with Gasteiger partial charge in [-0.3, -0.25) is 14.5 Å². The number of amides is 1. The Balaban J connectivity index is 1.67.